The molecule has 7 aromatic carbocycles. The highest BCUT2D eigenvalue weighted by Crippen LogP contribution is 2.47. The number of pyridine rings is 1. The quantitative estimate of drug-likeness (QED) is 0.209. The topological polar surface area (TPSA) is 17.8 Å². The minimum Gasteiger partial charge on any atom is -0.293 e. The maximum atomic E-state index is 5.46. The summed E-state index contributed by atoms with van der Waals surface area (Å²) in [5, 5.41) is 11.5. The molecular weight excluding hydrogens is 529 g/mol. The molecule has 0 atom stereocenters. The summed E-state index contributed by atoms with van der Waals surface area (Å²) in [6.45, 7) is 0. The van der Waals surface area contributed by atoms with Crippen molar-refractivity contribution in [1.29, 1.82) is 0 Å². The van der Waals surface area contributed by atoms with Gasteiger partial charge in [0, 0.05) is 41.9 Å². The fraction of sp³-hybridized carbons (Fsp3) is 0. The number of fused-ring (bicyclic) bond motifs is 2. The van der Waals surface area contributed by atoms with Crippen molar-refractivity contribution in [1.82, 2.24) is 9.55 Å². The summed E-state index contributed by atoms with van der Waals surface area (Å²) in [7, 11) is 0. The first-order valence-electron chi connectivity index (χ1n) is 14.3. The Hall–Kier alpha value is -5.25. The summed E-state index contributed by atoms with van der Waals surface area (Å²) in [4.78, 5) is 5.46. The summed E-state index contributed by atoms with van der Waals surface area (Å²) in [6.07, 6.45) is 0. The van der Waals surface area contributed by atoms with Crippen LogP contribution in [-0.4, -0.2) is 9.55 Å². The van der Waals surface area contributed by atoms with E-state index in [1.807, 2.05) is 11.3 Å². The van der Waals surface area contributed by atoms with Gasteiger partial charge in [0.05, 0.1) is 16.6 Å². The number of rotatable bonds is 2. The van der Waals surface area contributed by atoms with Gasteiger partial charge in [0.1, 0.15) is 5.82 Å². The van der Waals surface area contributed by atoms with Gasteiger partial charge in [0.15, 0.2) is 0 Å². The van der Waals surface area contributed by atoms with Crippen LogP contribution in [0, 0.1) is 0 Å². The minimum atomic E-state index is 0.965. The Labute approximate surface area is 245 Å². The van der Waals surface area contributed by atoms with Gasteiger partial charge in [0.2, 0.25) is 0 Å². The van der Waals surface area contributed by atoms with Crippen molar-refractivity contribution in [2.45, 2.75) is 0 Å². The Morgan fingerprint density at radius 3 is 1.79 bits per heavy atom. The molecule has 3 aromatic heterocycles. The molecule has 0 bridgehead atoms. The van der Waals surface area contributed by atoms with E-state index >= 15 is 0 Å². The Morgan fingerprint density at radius 2 is 1.05 bits per heavy atom. The van der Waals surface area contributed by atoms with Gasteiger partial charge in [0.25, 0.3) is 0 Å². The molecule has 0 saturated heterocycles. The van der Waals surface area contributed by atoms with E-state index in [4.69, 9.17) is 4.98 Å². The summed E-state index contributed by atoms with van der Waals surface area (Å²) >= 11 is 1.89. The van der Waals surface area contributed by atoms with E-state index in [-0.39, 0.29) is 0 Å². The largest absolute Gasteiger partial charge is 0.293 e. The van der Waals surface area contributed by atoms with Crippen LogP contribution in [0.15, 0.2) is 133 Å². The maximum absolute atomic E-state index is 5.46. The molecule has 0 saturated carbocycles. The minimum absolute atomic E-state index is 0.965. The number of hydrogen-bond donors (Lipinski definition) is 0. The van der Waals surface area contributed by atoms with Crippen LogP contribution in [0.4, 0.5) is 0 Å². The van der Waals surface area contributed by atoms with E-state index in [1.165, 1.54) is 69.1 Å². The van der Waals surface area contributed by atoms with Crippen LogP contribution < -0.4 is 0 Å². The number of aromatic nitrogens is 2. The average molecular weight is 551 g/mol. The molecule has 3 heterocycles. The molecule has 0 unspecified atom stereocenters. The number of benzene rings is 7. The Balaban J connectivity index is 1.47. The fourth-order valence-corrected chi connectivity index (χ4v) is 8.30. The molecular formula is C39H22N2S. The molecule has 42 heavy (non-hydrogen) atoms. The zero-order chi connectivity index (χ0) is 27.4. The second-order valence-corrected chi connectivity index (χ2v) is 12.2. The molecule has 0 spiro atoms. The van der Waals surface area contributed by atoms with Crippen molar-refractivity contribution in [3.8, 4) is 16.9 Å². The van der Waals surface area contributed by atoms with E-state index < -0.39 is 0 Å². The van der Waals surface area contributed by atoms with Crippen LogP contribution in [0.25, 0.3) is 91.4 Å². The first-order chi connectivity index (χ1) is 20.8. The van der Waals surface area contributed by atoms with Crippen LogP contribution in [0.5, 0.6) is 0 Å². The van der Waals surface area contributed by atoms with Crippen LogP contribution in [0.1, 0.15) is 0 Å². The normalized spacial score (nSPS) is 12.3. The second-order valence-electron chi connectivity index (χ2n) is 11.1. The lowest BCUT2D eigenvalue weighted by atomic mass is 9.97. The third kappa shape index (κ3) is 2.90. The monoisotopic (exact) mass is 550 g/mol. The summed E-state index contributed by atoms with van der Waals surface area (Å²) < 4.78 is 5.04. The van der Waals surface area contributed by atoms with Crippen LogP contribution in [0.2, 0.25) is 0 Å². The van der Waals surface area contributed by atoms with Gasteiger partial charge in [-0.1, -0.05) is 97.1 Å². The molecule has 10 rings (SSSR count). The smallest absolute Gasteiger partial charge is 0.146 e. The molecule has 0 aliphatic heterocycles. The molecule has 0 radical (unpaired) electrons. The van der Waals surface area contributed by atoms with Gasteiger partial charge < -0.3 is 0 Å². The lowest BCUT2D eigenvalue weighted by Crippen LogP contribution is -2.02. The molecule has 10 aromatic rings. The van der Waals surface area contributed by atoms with E-state index in [0.29, 0.717) is 0 Å². The number of nitrogens with zero attached hydrogens (tertiary/aromatic N) is 2. The fourth-order valence-electron chi connectivity index (χ4n) is 7.13. The predicted octanol–water partition coefficient (Wildman–Crippen LogP) is 11.1. The highest BCUT2D eigenvalue weighted by Gasteiger charge is 2.23. The Kier molecular flexibility index (Phi) is 4.36. The van der Waals surface area contributed by atoms with E-state index in [2.05, 4.69) is 138 Å². The molecule has 0 amide bonds. The van der Waals surface area contributed by atoms with Gasteiger partial charge in [-0.05, 0) is 63.5 Å². The van der Waals surface area contributed by atoms with Gasteiger partial charge >= 0.3 is 0 Å². The molecule has 2 nitrogen and oxygen atoms in total. The average Bonchev–Trinajstić information content (AvgIpc) is 3.30. The van der Waals surface area contributed by atoms with Crippen molar-refractivity contribution in [3.63, 3.8) is 0 Å². The molecule has 3 heteroatoms. The highest BCUT2D eigenvalue weighted by molar-refractivity contribution is 7.24. The molecule has 0 aliphatic carbocycles. The van der Waals surface area contributed by atoms with E-state index in [0.717, 1.165) is 22.3 Å². The van der Waals surface area contributed by atoms with Crippen molar-refractivity contribution < 1.29 is 0 Å². The third-order valence-electron chi connectivity index (χ3n) is 8.92. The second kappa shape index (κ2) is 8.16. The predicted molar refractivity (Wildman–Crippen MR) is 181 cm³/mol. The highest BCUT2D eigenvalue weighted by atomic mass is 32.1. The number of para-hydroxylation sites is 1. The van der Waals surface area contributed by atoms with Gasteiger partial charge in [-0.2, -0.15) is 0 Å². The maximum Gasteiger partial charge on any atom is 0.146 e. The standard InChI is InChI=1S/C39H22N2S/c1-3-13-27-23(8-1)10-5-14-28(27)29-22-26-9-2-4-15-30(26)40-39(29)41-31-20-18-24-11-6-16-33-35(24)37(31)38-32(41)21-19-25-12-7-17-34(42-33)36(25)38/h1-22H. The Morgan fingerprint density at radius 1 is 0.452 bits per heavy atom. The van der Waals surface area contributed by atoms with Crippen LogP contribution >= 0.6 is 11.3 Å². The van der Waals surface area contributed by atoms with Gasteiger partial charge in [-0.3, -0.25) is 4.57 Å². The van der Waals surface area contributed by atoms with E-state index in [9.17, 15) is 0 Å². The molecule has 0 N–H and O–H groups in total. The molecule has 0 aliphatic rings. The van der Waals surface area contributed by atoms with Crippen LogP contribution in [-0.2, 0) is 0 Å². The lowest BCUT2D eigenvalue weighted by Gasteiger charge is -2.16. The van der Waals surface area contributed by atoms with Crippen molar-refractivity contribution in [2.24, 2.45) is 0 Å². The van der Waals surface area contributed by atoms with E-state index in [1.54, 1.807) is 0 Å². The number of hydrogen-bond acceptors (Lipinski definition) is 2. The molecule has 0 fully saturated rings. The first kappa shape index (κ1) is 22.4. The third-order valence-corrected chi connectivity index (χ3v) is 10.0. The van der Waals surface area contributed by atoms with Crippen molar-refractivity contribution in [2.75, 3.05) is 0 Å². The van der Waals surface area contributed by atoms with Gasteiger partial charge in [-0.15, -0.1) is 11.3 Å². The molecule has 194 valence electrons. The summed E-state index contributed by atoms with van der Waals surface area (Å²) in [5.41, 5.74) is 5.72. The SMILES string of the molecule is c1ccc2nc(-n3c4ccc5cccc6sc7cccc8ccc3c(c87)c4c56)c(-c3cccc4ccccc34)cc2c1. The van der Waals surface area contributed by atoms with Gasteiger partial charge in [-0.25, -0.2) is 4.98 Å². The van der Waals surface area contributed by atoms with Crippen molar-refractivity contribution >= 4 is 85.8 Å². The van der Waals surface area contributed by atoms with Crippen molar-refractivity contribution in [3.05, 3.63) is 133 Å². The first-order valence-corrected chi connectivity index (χ1v) is 15.1. The summed E-state index contributed by atoms with van der Waals surface area (Å²) in [5.74, 6) is 0.965. The zero-order valence-corrected chi connectivity index (χ0v) is 23.3. The summed E-state index contributed by atoms with van der Waals surface area (Å²) in [6, 6.07) is 48.6. The lowest BCUT2D eigenvalue weighted by molar-refractivity contribution is 1.11. The van der Waals surface area contributed by atoms with Crippen LogP contribution in [0.3, 0.4) is 0 Å². The zero-order valence-electron chi connectivity index (χ0n) is 22.5. The Bertz CT molecular complexity index is 2580.